The van der Waals surface area contributed by atoms with Gasteiger partial charge in [-0.1, -0.05) is 0 Å². The molecular weight excluding hydrogens is 388 g/mol. The molecule has 3 aliphatic heterocycles. The molecule has 2 aromatic rings. The molecule has 1 N–H and O–H groups in total. The molecular formula is C23H22O7. The molecule has 156 valence electrons. The topological polar surface area (TPSA) is 83.5 Å². The molecule has 3 unspecified atom stereocenters. The summed E-state index contributed by atoms with van der Waals surface area (Å²) in [5.74, 6) is 1.42. The molecule has 0 fully saturated rings. The van der Waals surface area contributed by atoms with E-state index in [1.807, 2.05) is 26.0 Å². The predicted octanol–water partition coefficient (Wildman–Crippen LogP) is 3.33. The zero-order valence-corrected chi connectivity index (χ0v) is 17.1. The summed E-state index contributed by atoms with van der Waals surface area (Å²) >= 11 is 0. The van der Waals surface area contributed by atoms with E-state index < -0.39 is 23.9 Å². The van der Waals surface area contributed by atoms with Crippen LogP contribution in [-0.4, -0.2) is 43.1 Å². The molecule has 7 nitrogen and oxygen atoms in total. The van der Waals surface area contributed by atoms with Gasteiger partial charge in [0, 0.05) is 11.6 Å². The number of carbonyl (C=O) groups is 1. The van der Waals surface area contributed by atoms with Crippen molar-refractivity contribution in [3.05, 3.63) is 47.0 Å². The second kappa shape index (κ2) is 6.40. The zero-order valence-electron chi connectivity index (χ0n) is 17.1. The Balaban J connectivity index is 1.64. The lowest BCUT2D eigenvalue weighted by atomic mass is 9.80. The summed E-state index contributed by atoms with van der Waals surface area (Å²) in [5.41, 5.74) is 1.26. The maximum Gasteiger partial charge on any atom is 0.235 e. The minimum absolute atomic E-state index is 0.155. The third kappa shape index (κ3) is 2.65. The van der Waals surface area contributed by atoms with Crippen LogP contribution in [0.15, 0.2) is 30.3 Å². The first kappa shape index (κ1) is 18.8. The molecule has 0 saturated carbocycles. The number of carbonyl (C=O) groups excluding carboxylic acids is 1. The van der Waals surface area contributed by atoms with Crippen LogP contribution in [-0.2, 0) is 0 Å². The third-order valence-corrected chi connectivity index (χ3v) is 5.69. The number of benzene rings is 2. The van der Waals surface area contributed by atoms with Gasteiger partial charge in [-0.05, 0) is 44.2 Å². The van der Waals surface area contributed by atoms with Crippen molar-refractivity contribution < 1.29 is 33.6 Å². The van der Waals surface area contributed by atoms with Gasteiger partial charge in [0.25, 0.3) is 0 Å². The Morgan fingerprint density at radius 1 is 1.03 bits per heavy atom. The van der Waals surface area contributed by atoms with Gasteiger partial charge >= 0.3 is 0 Å². The highest BCUT2D eigenvalue weighted by Crippen LogP contribution is 2.50. The molecule has 0 bridgehead atoms. The van der Waals surface area contributed by atoms with Crippen LogP contribution in [0.5, 0.6) is 28.7 Å². The molecule has 0 amide bonds. The number of hydrogen-bond donors (Lipinski definition) is 1. The van der Waals surface area contributed by atoms with Crippen LogP contribution in [0.25, 0.3) is 6.08 Å². The van der Waals surface area contributed by atoms with E-state index in [1.165, 1.54) is 14.2 Å². The molecule has 2 aromatic carbocycles. The van der Waals surface area contributed by atoms with Crippen molar-refractivity contribution in [2.45, 2.75) is 37.8 Å². The molecule has 0 aliphatic carbocycles. The van der Waals surface area contributed by atoms with E-state index in [9.17, 15) is 9.90 Å². The van der Waals surface area contributed by atoms with Crippen molar-refractivity contribution in [1.29, 1.82) is 0 Å². The lowest BCUT2D eigenvalue weighted by molar-refractivity contribution is -0.112. The molecule has 0 spiro atoms. The first-order valence-electron chi connectivity index (χ1n) is 9.70. The molecule has 3 atom stereocenters. The van der Waals surface area contributed by atoms with Crippen LogP contribution in [0.3, 0.4) is 0 Å². The Kier molecular flexibility index (Phi) is 4.02. The standard InChI is InChI=1S/C23H22O7/c1-23(2)8-7-11-14(30-23)6-5-12-19(24)18-13-9-16(26-3)17(27-4)10-15(13)28-22(25)21(18)29-20(11)12/h5-10,18,21-22,25H,1-4H3. The molecule has 0 radical (unpaired) electrons. The van der Waals surface area contributed by atoms with Crippen LogP contribution in [0.1, 0.15) is 41.3 Å². The van der Waals surface area contributed by atoms with Crippen LogP contribution in [0.2, 0.25) is 0 Å². The van der Waals surface area contributed by atoms with E-state index >= 15 is 0 Å². The van der Waals surface area contributed by atoms with Gasteiger partial charge in [0.2, 0.25) is 6.29 Å². The lowest BCUT2D eigenvalue weighted by Gasteiger charge is -2.41. The molecule has 0 aromatic heterocycles. The number of fused-ring (bicyclic) bond motifs is 6. The number of ether oxygens (including phenoxy) is 5. The maximum absolute atomic E-state index is 13.5. The van der Waals surface area contributed by atoms with Crippen molar-refractivity contribution >= 4 is 11.9 Å². The van der Waals surface area contributed by atoms with E-state index in [1.54, 1.807) is 24.3 Å². The van der Waals surface area contributed by atoms with Crippen LogP contribution >= 0.6 is 0 Å². The van der Waals surface area contributed by atoms with Gasteiger partial charge in [-0.2, -0.15) is 0 Å². The quantitative estimate of drug-likeness (QED) is 0.813. The van der Waals surface area contributed by atoms with Gasteiger partial charge in [-0.25, -0.2) is 0 Å². The Morgan fingerprint density at radius 3 is 2.50 bits per heavy atom. The monoisotopic (exact) mass is 410 g/mol. The lowest BCUT2D eigenvalue weighted by Crippen LogP contribution is -2.49. The van der Waals surface area contributed by atoms with E-state index in [0.29, 0.717) is 45.4 Å². The number of aliphatic hydroxyl groups is 1. The first-order valence-corrected chi connectivity index (χ1v) is 9.70. The van der Waals surface area contributed by atoms with E-state index in [4.69, 9.17) is 23.7 Å². The normalized spacial score (nSPS) is 24.8. The van der Waals surface area contributed by atoms with E-state index in [2.05, 4.69) is 0 Å². The van der Waals surface area contributed by atoms with Crippen LogP contribution < -0.4 is 23.7 Å². The summed E-state index contributed by atoms with van der Waals surface area (Å²) in [6.07, 6.45) is 1.59. The van der Waals surface area contributed by atoms with Gasteiger partial charge in [0.05, 0.1) is 31.3 Å². The number of Topliss-reactive ketones (excluding diaryl/α,β-unsaturated/α-hetero) is 1. The highest BCUT2D eigenvalue weighted by atomic mass is 16.6. The number of ketones is 1. The summed E-state index contributed by atoms with van der Waals surface area (Å²) in [5, 5.41) is 10.7. The first-order chi connectivity index (χ1) is 14.3. The molecule has 30 heavy (non-hydrogen) atoms. The van der Waals surface area contributed by atoms with Crippen molar-refractivity contribution in [2.24, 2.45) is 0 Å². The van der Waals surface area contributed by atoms with Crippen LogP contribution in [0, 0.1) is 0 Å². The Hall–Kier alpha value is -3.19. The van der Waals surface area contributed by atoms with Gasteiger partial charge in [-0.15, -0.1) is 0 Å². The minimum atomic E-state index is -1.32. The fraction of sp³-hybridized carbons (Fsp3) is 0.348. The molecule has 3 heterocycles. The SMILES string of the molecule is COc1cc2c(cc1OC)C1C(=O)c3ccc4c(c3OC1C(O)O2)C=CC(C)(C)O4. The Bertz CT molecular complexity index is 1090. The largest absolute Gasteiger partial charge is 0.493 e. The van der Waals surface area contributed by atoms with Gasteiger partial charge in [0.1, 0.15) is 22.8 Å². The summed E-state index contributed by atoms with van der Waals surface area (Å²) in [6.45, 7) is 3.90. The van der Waals surface area contributed by atoms with Crippen LogP contribution in [0.4, 0.5) is 0 Å². The zero-order chi connectivity index (χ0) is 21.2. The number of aliphatic hydroxyl groups excluding tert-OH is 1. The highest BCUT2D eigenvalue weighted by molar-refractivity contribution is 6.06. The average molecular weight is 410 g/mol. The van der Waals surface area contributed by atoms with Gasteiger partial charge < -0.3 is 28.8 Å². The van der Waals surface area contributed by atoms with Crippen molar-refractivity contribution in [2.75, 3.05) is 14.2 Å². The Morgan fingerprint density at radius 2 is 1.77 bits per heavy atom. The summed E-state index contributed by atoms with van der Waals surface area (Å²) in [4.78, 5) is 13.5. The average Bonchev–Trinajstić information content (AvgIpc) is 2.72. The van der Waals surface area contributed by atoms with E-state index in [-0.39, 0.29) is 5.78 Å². The molecule has 0 saturated heterocycles. The molecule has 7 heteroatoms. The highest BCUT2D eigenvalue weighted by Gasteiger charge is 2.49. The molecule has 3 aliphatic rings. The number of hydrogen-bond acceptors (Lipinski definition) is 7. The molecule has 5 rings (SSSR count). The Labute approximate surface area is 173 Å². The smallest absolute Gasteiger partial charge is 0.235 e. The van der Waals surface area contributed by atoms with Crippen molar-refractivity contribution in [3.63, 3.8) is 0 Å². The maximum atomic E-state index is 13.5. The third-order valence-electron chi connectivity index (χ3n) is 5.69. The minimum Gasteiger partial charge on any atom is -0.493 e. The predicted molar refractivity (Wildman–Crippen MR) is 108 cm³/mol. The van der Waals surface area contributed by atoms with Crippen molar-refractivity contribution in [3.8, 4) is 28.7 Å². The second-order valence-corrected chi connectivity index (χ2v) is 8.07. The number of rotatable bonds is 2. The van der Waals surface area contributed by atoms with E-state index in [0.717, 1.165) is 0 Å². The summed E-state index contributed by atoms with van der Waals surface area (Å²) in [7, 11) is 3.03. The van der Waals surface area contributed by atoms with Gasteiger partial charge in [-0.3, -0.25) is 4.79 Å². The summed E-state index contributed by atoms with van der Waals surface area (Å²) in [6, 6.07) is 6.81. The fourth-order valence-electron chi connectivity index (χ4n) is 4.23. The second-order valence-electron chi connectivity index (χ2n) is 8.07. The number of methoxy groups -OCH3 is 2. The van der Waals surface area contributed by atoms with Crippen molar-refractivity contribution in [1.82, 2.24) is 0 Å². The van der Waals surface area contributed by atoms with Gasteiger partial charge in [0.15, 0.2) is 23.4 Å². The fourth-order valence-corrected chi connectivity index (χ4v) is 4.23. The summed E-state index contributed by atoms with van der Waals surface area (Å²) < 4.78 is 28.5.